The molecule has 0 saturated carbocycles. The number of benzene rings is 1. The molecule has 42 heavy (non-hydrogen) atoms. The molecule has 10 heteroatoms. The van der Waals surface area contributed by atoms with Crippen molar-refractivity contribution in [2.45, 2.75) is 45.1 Å². The number of rotatable bonds is 12. The van der Waals surface area contributed by atoms with Gasteiger partial charge in [-0.05, 0) is 78.3 Å². The van der Waals surface area contributed by atoms with E-state index < -0.39 is 0 Å². The lowest BCUT2D eigenvalue weighted by molar-refractivity contribution is -0.121. The maximum absolute atomic E-state index is 13.4. The summed E-state index contributed by atoms with van der Waals surface area (Å²) in [5, 5.41) is 9.14. The molecular formula is C32H38N4O6. The molecule has 0 radical (unpaired) electrons. The van der Waals surface area contributed by atoms with Gasteiger partial charge in [0.1, 0.15) is 0 Å². The summed E-state index contributed by atoms with van der Waals surface area (Å²) >= 11 is 0. The number of aromatic nitrogens is 1. The van der Waals surface area contributed by atoms with Gasteiger partial charge in [-0.1, -0.05) is 6.07 Å². The molecule has 2 aromatic carbocycles. The number of pyridine rings is 1. The summed E-state index contributed by atoms with van der Waals surface area (Å²) in [5.41, 5.74) is 4.52. The van der Waals surface area contributed by atoms with Gasteiger partial charge in [-0.3, -0.25) is 19.4 Å². The number of carbonyl (C=O) groups excluding carboxylic acids is 2. The molecule has 0 spiro atoms. The Morgan fingerprint density at radius 1 is 0.976 bits per heavy atom. The highest BCUT2D eigenvalue weighted by Crippen LogP contribution is 2.50. The zero-order chi connectivity index (χ0) is 30.1. The van der Waals surface area contributed by atoms with Crippen molar-refractivity contribution in [3.63, 3.8) is 0 Å². The molecule has 1 aliphatic carbocycles. The third-order valence-corrected chi connectivity index (χ3v) is 7.30. The Labute approximate surface area is 245 Å². The first-order chi connectivity index (χ1) is 20.4. The summed E-state index contributed by atoms with van der Waals surface area (Å²) in [6.07, 6.45) is 6.31. The van der Waals surface area contributed by atoms with Crippen molar-refractivity contribution in [1.29, 1.82) is 0 Å². The largest absolute Gasteiger partial charge is 0.493 e. The summed E-state index contributed by atoms with van der Waals surface area (Å²) in [7, 11) is 4.69. The van der Waals surface area contributed by atoms with Crippen molar-refractivity contribution in [2.75, 3.05) is 39.7 Å². The van der Waals surface area contributed by atoms with Crippen LogP contribution in [0, 0.1) is 0 Å². The van der Waals surface area contributed by atoms with E-state index in [9.17, 15) is 14.4 Å². The molecule has 1 aromatic heterocycles. The van der Waals surface area contributed by atoms with Crippen LogP contribution in [-0.4, -0.2) is 51.2 Å². The molecule has 1 aliphatic rings. The van der Waals surface area contributed by atoms with Gasteiger partial charge in [0.2, 0.25) is 23.0 Å². The molecule has 222 valence electrons. The number of ether oxygens (including phenoxy) is 3. The maximum Gasteiger partial charge on any atom is 0.220 e. The molecule has 0 fully saturated rings. The fraction of sp³-hybridized carbons (Fsp3) is 0.375. The molecule has 1 atom stereocenters. The first kappa shape index (κ1) is 30.4. The number of carbonyl (C=O) groups is 2. The number of nitrogens with one attached hydrogen (secondary N) is 3. The van der Waals surface area contributed by atoms with Crippen LogP contribution in [-0.2, 0) is 22.4 Å². The van der Waals surface area contributed by atoms with Crippen molar-refractivity contribution >= 4 is 17.5 Å². The zero-order valence-electron chi connectivity index (χ0n) is 24.5. The highest BCUT2D eigenvalue weighted by molar-refractivity contribution is 5.83. The predicted molar refractivity (Wildman–Crippen MR) is 161 cm³/mol. The second-order valence-electron chi connectivity index (χ2n) is 10.1. The number of aryl methyl sites for hydroxylation is 1. The lowest BCUT2D eigenvalue weighted by atomic mass is 9.95. The molecule has 1 heterocycles. The maximum atomic E-state index is 13.4. The van der Waals surface area contributed by atoms with Crippen molar-refractivity contribution in [1.82, 2.24) is 15.6 Å². The van der Waals surface area contributed by atoms with E-state index in [2.05, 4.69) is 20.9 Å². The van der Waals surface area contributed by atoms with E-state index in [1.54, 1.807) is 45.9 Å². The minimum Gasteiger partial charge on any atom is -0.493 e. The number of hydrogen-bond donors (Lipinski definition) is 3. The summed E-state index contributed by atoms with van der Waals surface area (Å²) < 4.78 is 17.0. The first-order valence-electron chi connectivity index (χ1n) is 14.0. The van der Waals surface area contributed by atoms with Gasteiger partial charge in [0.25, 0.3) is 0 Å². The Morgan fingerprint density at radius 3 is 2.43 bits per heavy atom. The standard InChI is InChI=1S/C32H38N4O6/c1-20(37)36-25-9-7-22-18-28(40-2)31(41-3)32(42-4)30(22)23-8-10-26(27(38)19-24(23)25)34-14-5-6-29(39)35-17-13-21-11-15-33-16-12-21/h8,10-12,15-16,18-19,25H,5-7,9,13-14,17H2,1-4H3,(H,34,38)(H,35,39)(H,36,37)/t25-/m0/s1. The van der Waals surface area contributed by atoms with Crippen molar-refractivity contribution in [3.8, 4) is 28.4 Å². The quantitative estimate of drug-likeness (QED) is 0.279. The van der Waals surface area contributed by atoms with E-state index in [4.69, 9.17) is 14.2 Å². The minimum absolute atomic E-state index is 0.0373. The Balaban J connectivity index is 1.55. The van der Waals surface area contributed by atoms with E-state index in [-0.39, 0.29) is 23.3 Å². The lowest BCUT2D eigenvalue weighted by Crippen LogP contribution is -2.26. The highest BCUT2D eigenvalue weighted by atomic mass is 16.5. The van der Waals surface area contributed by atoms with E-state index in [1.807, 2.05) is 24.3 Å². The van der Waals surface area contributed by atoms with Crippen LogP contribution in [0.4, 0.5) is 5.69 Å². The smallest absolute Gasteiger partial charge is 0.220 e. The summed E-state index contributed by atoms with van der Waals surface area (Å²) in [6, 6.07) is 10.6. The van der Waals surface area contributed by atoms with Gasteiger partial charge in [0, 0.05) is 44.4 Å². The average molecular weight is 575 g/mol. The van der Waals surface area contributed by atoms with Crippen molar-refractivity contribution in [2.24, 2.45) is 0 Å². The first-order valence-corrected chi connectivity index (χ1v) is 14.0. The summed E-state index contributed by atoms with van der Waals surface area (Å²) in [4.78, 5) is 41.8. The van der Waals surface area contributed by atoms with Gasteiger partial charge in [0.05, 0.1) is 33.1 Å². The molecule has 10 nitrogen and oxygen atoms in total. The van der Waals surface area contributed by atoms with Crippen LogP contribution in [0.5, 0.6) is 17.2 Å². The SMILES string of the molecule is COc1cc2c(c(OC)c1OC)-c1ccc(NCCCC(=O)NCCc3ccncc3)c(=O)cc1[C@@H](NC(C)=O)CC2. The van der Waals surface area contributed by atoms with Gasteiger partial charge < -0.3 is 30.2 Å². The van der Waals surface area contributed by atoms with Crippen LogP contribution in [0.15, 0.2) is 53.6 Å². The number of hydrogen-bond acceptors (Lipinski definition) is 8. The van der Waals surface area contributed by atoms with E-state index in [0.717, 1.165) is 28.7 Å². The third-order valence-electron chi connectivity index (χ3n) is 7.30. The van der Waals surface area contributed by atoms with Crippen LogP contribution >= 0.6 is 0 Å². The summed E-state index contributed by atoms with van der Waals surface area (Å²) in [6.45, 7) is 2.47. The molecule has 0 saturated heterocycles. The predicted octanol–water partition coefficient (Wildman–Crippen LogP) is 3.81. The van der Waals surface area contributed by atoms with E-state index in [0.29, 0.717) is 67.3 Å². The monoisotopic (exact) mass is 574 g/mol. The second kappa shape index (κ2) is 14.3. The number of amides is 2. The Bertz CT molecular complexity index is 1480. The van der Waals surface area contributed by atoms with Crippen LogP contribution in [0.1, 0.15) is 48.9 Å². The van der Waals surface area contributed by atoms with Crippen LogP contribution in [0.3, 0.4) is 0 Å². The fourth-order valence-corrected chi connectivity index (χ4v) is 5.31. The van der Waals surface area contributed by atoms with Crippen LogP contribution < -0.4 is 35.6 Å². The van der Waals surface area contributed by atoms with Gasteiger partial charge in [0.15, 0.2) is 11.5 Å². The second-order valence-corrected chi connectivity index (χ2v) is 10.1. The minimum atomic E-state index is -0.379. The Hall–Kier alpha value is -4.60. The normalized spacial score (nSPS) is 13.6. The molecule has 4 rings (SSSR count). The zero-order valence-corrected chi connectivity index (χ0v) is 24.5. The Morgan fingerprint density at radius 2 is 1.74 bits per heavy atom. The molecule has 0 bridgehead atoms. The topological polar surface area (TPSA) is 128 Å². The third kappa shape index (κ3) is 7.18. The number of methoxy groups -OCH3 is 3. The molecule has 2 amide bonds. The lowest BCUT2D eigenvalue weighted by Gasteiger charge is -2.19. The van der Waals surface area contributed by atoms with Gasteiger partial charge in [-0.15, -0.1) is 0 Å². The molecular weight excluding hydrogens is 536 g/mol. The number of nitrogens with zero attached hydrogens (tertiary/aromatic N) is 1. The number of anilines is 1. The van der Waals surface area contributed by atoms with Gasteiger partial charge in [-0.25, -0.2) is 0 Å². The molecule has 0 aliphatic heterocycles. The highest BCUT2D eigenvalue weighted by Gasteiger charge is 2.29. The fourth-order valence-electron chi connectivity index (χ4n) is 5.31. The van der Waals surface area contributed by atoms with E-state index in [1.165, 1.54) is 6.92 Å². The molecule has 3 N–H and O–H groups in total. The number of fused-ring (bicyclic) bond motifs is 3. The van der Waals surface area contributed by atoms with Crippen LogP contribution in [0.25, 0.3) is 11.1 Å². The van der Waals surface area contributed by atoms with E-state index >= 15 is 0 Å². The van der Waals surface area contributed by atoms with Crippen LogP contribution in [0.2, 0.25) is 0 Å². The average Bonchev–Trinajstić information content (AvgIpc) is 3.23. The molecule has 0 unspecified atom stereocenters. The van der Waals surface area contributed by atoms with Crippen molar-refractivity contribution < 1.29 is 23.8 Å². The summed E-state index contributed by atoms with van der Waals surface area (Å²) in [5.74, 6) is 1.27. The molecule has 3 aromatic rings. The van der Waals surface area contributed by atoms with Crippen molar-refractivity contribution in [3.05, 3.63) is 75.7 Å². The van der Waals surface area contributed by atoms with Gasteiger partial charge in [-0.2, -0.15) is 0 Å². The Kier molecular flexibility index (Phi) is 10.4. The van der Waals surface area contributed by atoms with Gasteiger partial charge >= 0.3 is 0 Å².